The van der Waals surface area contributed by atoms with Crippen LogP contribution in [0.4, 0.5) is 5.82 Å². The Bertz CT molecular complexity index is 1390. The fourth-order valence-electron chi connectivity index (χ4n) is 5.08. The molecule has 2 fully saturated rings. The average Bonchev–Trinajstić information content (AvgIpc) is 3.38. The molecule has 0 bridgehead atoms. The fourth-order valence-corrected chi connectivity index (χ4v) is 5.08. The Kier molecular flexibility index (Phi) is 9.22. The molecule has 0 aliphatic carbocycles. The van der Waals surface area contributed by atoms with Crippen LogP contribution in [0, 0.1) is 0 Å². The molecule has 2 aliphatic rings. The normalized spacial score (nSPS) is 16.8. The van der Waals surface area contributed by atoms with Crippen molar-refractivity contribution < 1.29 is 19.4 Å². The van der Waals surface area contributed by atoms with Crippen molar-refractivity contribution in [3.05, 3.63) is 42.1 Å². The number of Topliss-reactive ketones (excluding diaryl/α,β-unsaturated/α-hetero) is 1. The summed E-state index contributed by atoms with van der Waals surface area (Å²) in [5, 5.41) is 15.2. The molecule has 2 aliphatic heterocycles. The number of para-hydroxylation sites is 1. The number of ketones is 1. The summed E-state index contributed by atoms with van der Waals surface area (Å²) in [6.45, 7) is 6.68. The van der Waals surface area contributed by atoms with Crippen molar-refractivity contribution in [1.82, 2.24) is 29.3 Å². The average molecular weight is 563 g/mol. The standard InChI is InChI=1S/C29H38N8O4/c1-33(2)21-30-18-23(38)7-8-27(40)35-11-9-34(10-12-35)19-22-17-25-29(36-13-15-41-16-14-36)31-28(32-37(25)20-22)24-5-3-4-6-26(24)39/h3-6,17-18,20,39H,7-16,19,21H2,1-2H3/b30-18+. The van der Waals surface area contributed by atoms with Crippen LogP contribution in [0.15, 0.2) is 41.5 Å². The molecule has 1 N–H and O–H groups in total. The Morgan fingerprint density at radius 1 is 1.07 bits per heavy atom. The molecule has 0 spiro atoms. The van der Waals surface area contributed by atoms with Crippen LogP contribution < -0.4 is 4.90 Å². The van der Waals surface area contributed by atoms with Crippen LogP contribution in [0.3, 0.4) is 0 Å². The van der Waals surface area contributed by atoms with E-state index in [0.717, 1.165) is 49.6 Å². The number of nitrogens with zero attached hydrogens (tertiary/aromatic N) is 8. The Morgan fingerprint density at radius 2 is 1.83 bits per heavy atom. The number of aromatic hydroxyl groups is 1. The first-order chi connectivity index (χ1) is 19.9. The van der Waals surface area contributed by atoms with E-state index < -0.39 is 0 Å². The van der Waals surface area contributed by atoms with Crippen LogP contribution in [-0.4, -0.2) is 126 Å². The highest BCUT2D eigenvalue weighted by molar-refractivity contribution is 6.27. The summed E-state index contributed by atoms with van der Waals surface area (Å²) in [7, 11) is 3.77. The molecule has 5 rings (SSSR count). The van der Waals surface area contributed by atoms with Crippen molar-refractivity contribution in [1.29, 1.82) is 0 Å². The molecule has 41 heavy (non-hydrogen) atoms. The minimum absolute atomic E-state index is 0.00994. The molecule has 0 radical (unpaired) electrons. The zero-order valence-electron chi connectivity index (χ0n) is 23.8. The molecular weight excluding hydrogens is 524 g/mol. The van der Waals surface area contributed by atoms with Gasteiger partial charge < -0.3 is 19.6 Å². The number of carbonyl (C=O) groups excluding carboxylic acids is 2. The van der Waals surface area contributed by atoms with Crippen LogP contribution in [0.1, 0.15) is 18.4 Å². The number of amides is 1. The molecule has 4 heterocycles. The minimum Gasteiger partial charge on any atom is -0.507 e. The smallest absolute Gasteiger partial charge is 0.223 e. The summed E-state index contributed by atoms with van der Waals surface area (Å²) < 4.78 is 7.41. The summed E-state index contributed by atoms with van der Waals surface area (Å²) in [5.41, 5.74) is 2.60. The zero-order chi connectivity index (χ0) is 28.8. The van der Waals surface area contributed by atoms with Gasteiger partial charge in [0.05, 0.1) is 31.7 Å². The summed E-state index contributed by atoms with van der Waals surface area (Å²) in [4.78, 5) is 41.9. The topological polar surface area (TPSA) is 119 Å². The van der Waals surface area contributed by atoms with Crippen molar-refractivity contribution in [2.75, 3.05) is 78.1 Å². The number of hydrogen-bond acceptors (Lipinski definition) is 10. The number of rotatable bonds is 10. The second-order valence-corrected chi connectivity index (χ2v) is 10.7. The maximum atomic E-state index is 12.7. The number of morpholine rings is 1. The predicted molar refractivity (Wildman–Crippen MR) is 156 cm³/mol. The van der Waals surface area contributed by atoms with Gasteiger partial charge in [0, 0.05) is 64.9 Å². The number of benzene rings is 1. The highest BCUT2D eigenvalue weighted by atomic mass is 16.5. The Labute approximate surface area is 239 Å². The van der Waals surface area contributed by atoms with E-state index in [4.69, 9.17) is 14.8 Å². The lowest BCUT2D eigenvalue weighted by molar-refractivity contribution is -0.134. The number of piperazine rings is 1. The van der Waals surface area contributed by atoms with Gasteiger partial charge in [0.1, 0.15) is 11.3 Å². The van der Waals surface area contributed by atoms with Crippen molar-refractivity contribution >= 4 is 29.2 Å². The van der Waals surface area contributed by atoms with Gasteiger partial charge in [0.15, 0.2) is 17.4 Å². The summed E-state index contributed by atoms with van der Waals surface area (Å²) in [5.74, 6) is 1.32. The number of fused-ring (bicyclic) bond motifs is 1. The number of anilines is 1. The molecular formula is C29H38N8O4. The van der Waals surface area contributed by atoms with E-state index in [1.54, 1.807) is 12.1 Å². The van der Waals surface area contributed by atoms with E-state index in [0.29, 0.717) is 44.4 Å². The van der Waals surface area contributed by atoms with Crippen molar-refractivity contribution in [3.8, 4) is 17.1 Å². The van der Waals surface area contributed by atoms with Gasteiger partial charge in [-0.25, -0.2) is 9.50 Å². The second-order valence-electron chi connectivity index (χ2n) is 10.7. The number of phenolic OH excluding ortho intramolecular Hbond substituents is 1. The Morgan fingerprint density at radius 3 is 2.56 bits per heavy atom. The molecule has 0 saturated carbocycles. The molecule has 2 saturated heterocycles. The maximum Gasteiger partial charge on any atom is 0.223 e. The summed E-state index contributed by atoms with van der Waals surface area (Å²) in [6, 6.07) is 9.23. The lowest BCUT2D eigenvalue weighted by atomic mass is 10.2. The Hall–Kier alpha value is -3.87. The number of ether oxygens (including phenoxy) is 1. The number of phenols is 1. The van der Waals surface area contributed by atoms with Crippen LogP contribution in [0.25, 0.3) is 16.9 Å². The molecule has 0 unspecified atom stereocenters. The molecule has 3 aromatic rings. The van der Waals surface area contributed by atoms with E-state index in [9.17, 15) is 14.7 Å². The van der Waals surface area contributed by atoms with Gasteiger partial charge in [-0.3, -0.25) is 24.4 Å². The van der Waals surface area contributed by atoms with Crippen LogP contribution in [0.5, 0.6) is 5.75 Å². The number of aliphatic imine (C=N–C) groups is 1. The van der Waals surface area contributed by atoms with Crippen LogP contribution in [0.2, 0.25) is 0 Å². The molecule has 218 valence electrons. The lowest BCUT2D eigenvalue weighted by Crippen LogP contribution is -2.48. The summed E-state index contributed by atoms with van der Waals surface area (Å²) >= 11 is 0. The van der Waals surface area contributed by atoms with Gasteiger partial charge in [0.2, 0.25) is 5.91 Å². The first-order valence-corrected chi connectivity index (χ1v) is 14.1. The van der Waals surface area contributed by atoms with Gasteiger partial charge in [-0.15, -0.1) is 5.10 Å². The molecule has 0 atom stereocenters. The van der Waals surface area contributed by atoms with E-state index in [2.05, 4.69) is 20.9 Å². The van der Waals surface area contributed by atoms with Gasteiger partial charge in [-0.2, -0.15) is 0 Å². The van der Waals surface area contributed by atoms with Crippen LogP contribution in [-0.2, 0) is 20.9 Å². The predicted octanol–water partition coefficient (Wildman–Crippen LogP) is 1.52. The van der Waals surface area contributed by atoms with E-state index in [1.165, 1.54) is 6.21 Å². The zero-order valence-corrected chi connectivity index (χ0v) is 23.8. The SMILES string of the molecule is CN(C)C/N=C/C(=O)CCC(=O)N1CCN(Cc2cc3c(N4CCOCC4)nc(-c4ccccc4O)nn3c2)CC1. The van der Waals surface area contributed by atoms with Crippen LogP contribution >= 0.6 is 0 Å². The second kappa shape index (κ2) is 13.2. The number of aromatic nitrogens is 3. The van der Waals surface area contributed by atoms with E-state index in [1.807, 2.05) is 46.7 Å². The highest BCUT2D eigenvalue weighted by Gasteiger charge is 2.24. The van der Waals surface area contributed by atoms with E-state index >= 15 is 0 Å². The van der Waals surface area contributed by atoms with Crippen molar-refractivity contribution in [2.24, 2.45) is 4.99 Å². The molecule has 12 heteroatoms. The third-order valence-electron chi connectivity index (χ3n) is 7.27. The van der Waals surface area contributed by atoms with Crippen molar-refractivity contribution in [2.45, 2.75) is 19.4 Å². The third kappa shape index (κ3) is 7.26. The minimum atomic E-state index is -0.121. The molecule has 1 aromatic carbocycles. The number of hydrogen-bond donors (Lipinski definition) is 1. The number of carbonyl (C=O) groups is 2. The largest absolute Gasteiger partial charge is 0.507 e. The lowest BCUT2D eigenvalue weighted by Gasteiger charge is -2.34. The summed E-state index contributed by atoms with van der Waals surface area (Å²) in [6.07, 6.45) is 3.74. The van der Waals surface area contributed by atoms with Gasteiger partial charge in [-0.05, 0) is 37.9 Å². The molecule has 12 nitrogen and oxygen atoms in total. The van der Waals surface area contributed by atoms with Gasteiger partial charge >= 0.3 is 0 Å². The first-order valence-electron chi connectivity index (χ1n) is 14.1. The fraction of sp³-hybridized carbons (Fsp3) is 0.483. The van der Waals surface area contributed by atoms with E-state index in [-0.39, 0.29) is 30.3 Å². The third-order valence-corrected chi connectivity index (χ3v) is 7.27. The highest BCUT2D eigenvalue weighted by Crippen LogP contribution is 2.30. The monoisotopic (exact) mass is 562 g/mol. The molecule has 2 aromatic heterocycles. The maximum absolute atomic E-state index is 12.7. The quantitative estimate of drug-likeness (QED) is 0.367. The van der Waals surface area contributed by atoms with Gasteiger partial charge in [-0.1, -0.05) is 12.1 Å². The Balaban J connectivity index is 1.23. The van der Waals surface area contributed by atoms with Crippen molar-refractivity contribution in [3.63, 3.8) is 0 Å². The molecule has 1 amide bonds. The first kappa shape index (κ1) is 28.7. The van der Waals surface area contributed by atoms with Gasteiger partial charge in [0.25, 0.3) is 0 Å².